The fraction of sp³-hybridized carbons (Fsp3) is 0.471. The third-order valence-electron chi connectivity index (χ3n) is 3.22. The van der Waals surface area contributed by atoms with Crippen molar-refractivity contribution in [2.45, 2.75) is 48.9 Å². The van der Waals surface area contributed by atoms with E-state index in [-0.39, 0.29) is 0 Å². The number of hydrogen-bond acceptors (Lipinski definition) is 2. The Morgan fingerprint density at radius 1 is 1.20 bits per heavy atom. The fourth-order valence-electron chi connectivity index (χ4n) is 2.10. The average molecular weight is 383 g/mol. The van der Waals surface area contributed by atoms with Crippen LogP contribution in [0.15, 0.2) is 30.3 Å². The average Bonchev–Trinajstić information content (AvgIpc) is 2.46. The van der Waals surface area contributed by atoms with Gasteiger partial charge in [0.2, 0.25) is 0 Å². The van der Waals surface area contributed by atoms with Gasteiger partial charge in [-0.05, 0) is 17.9 Å². The summed E-state index contributed by atoms with van der Waals surface area (Å²) in [5.74, 6) is 3.75. The van der Waals surface area contributed by atoms with Gasteiger partial charge < -0.3 is 9.90 Å². The Morgan fingerprint density at radius 3 is 2.45 bits per heavy atom. The highest BCUT2D eigenvalue weighted by molar-refractivity contribution is 14.1. The van der Waals surface area contributed by atoms with Crippen LogP contribution in [0.1, 0.15) is 51.0 Å². The third kappa shape index (κ3) is 5.96. The molecule has 1 unspecified atom stereocenters. The Labute approximate surface area is 135 Å². The zero-order valence-corrected chi connectivity index (χ0v) is 14.0. The van der Waals surface area contributed by atoms with Crippen molar-refractivity contribution in [1.82, 2.24) is 0 Å². The van der Waals surface area contributed by atoms with Gasteiger partial charge in [0.25, 0.3) is 0 Å². The monoisotopic (exact) mass is 383 g/mol. The molecule has 0 spiro atoms. The van der Waals surface area contributed by atoms with Gasteiger partial charge in [-0.15, -0.1) is 0 Å². The van der Waals surface area contributed by atoms with Crippen LogP contribution in [0.2, 0.25) is 0 Å². The molecule has 0 aliphatic carbocycles. The number of hydrogen-bond donors (Lipinski definition) is 0. The van der Waals surface area contributed by atoms with Crippen LogP contribution in [0.25, 0.3) is 0 Å². The van der Waals surface area contributed by atoms with Crippen molar-refractivity contribution in [3.63, 3.8) is 0 Å². The van der Waals surface area contributed by atoms with E-state index in [1.165, 1.54) is 25.7 Å². The summed E-state index contributed by atoms with van der Waals surface area (Å²) < 4.78 is -0.439. The SMILES string of the molecule is CCCCCCCC(I)(C#CC(=O)[O-])c1ccccc1. The Bertz CT molecular complexity index is 473. The molecule has 0 bridgehead atoms. The van der Waals surface area contributed by atoms with Crippen LogP contribution < -0.4 is 5.11 Å². The highest BCUT2D eigenvalue weighted by atomic mass is 127. The Kier molecular flexibility index (Phi) is 7.68. The van der Waals surface area contributed by atoms with Crippen molar-refractivity contribution in [3.05, 3.63) is 35.9 Å². The van der Waals surface area contributed by atoms with Gasteiger partial charge in [-0.1, -0.05) is 97.9 Å². The summed E-state index contributed by atoms with van der Waals surface area (Å²) in [7, 11) is 0. The molecule has 0 radical (unpaired) electrons. The largest absolute Gasteiger partial charge is 0.537 e. The number of carbonyl (C=O) groups is 1. The van der Waals surface area contributed by atoms with E-state index in [1.54, 1.807) is 0 Å². The topological polar surface area (TPSA) is 40.1 Å². The molecule has 0 saturated heterocycles. The van der Waals surface area contributed by atoms with Crippen LogP contribution in [0.5, 0.6) is 0 Å². The number of carboxylic acids is 1. The van der Waals surface area contributed by atoms with Crippen LogP contribution >= 0.6 is 22.6 Å². The second-order valence-corrected chi connectivity index (χ2v) is 6.71. The first-order valence-electron chi connectivity index (χ1n) is 7.07. The van der Waals surface area contributed by atoms with Gasteiger partial charge in [0.15, 0.2) is 0 Å². The Balaban J connectivity index is 2.76. The smallest absolute Gasteiger partial charge is 0.116 e. The number of carboxylic acid groups (broad SMARTS) is 1. The van der Waals surface area contributed by atoms with E-state index in [4.69, 9.17) is 0 Å². The second kappa shape index (κ2) is 9.02. The molecule has 1 aromatic rings. The summed E-state index contributed by atoms with van der Waals surface area (Å²) in [6, 6.07) is 9.87. The lowest BCUT2D eigenvalue weighted by Crippen LogP contribution is -2.22. The zero-order chi connectivity index (χ0) is 14.8. The van der Waals surface area contributed by atoms with Crippen molar-refractivity contribution in [3.8, 4) is 11.8 Å². The molecular weight excluding hydrogens is 363 g/mol. The molecule has 0 amide bonds. The maximum absolute atomic E-state index is 10.6. The summed E-state index contributed by atoms with van der Waals surface area (Å²) in [6.45, 7) is 2.19. The van der Waals surface area contributed by atoms with E-state index in [0.717, 1.165) is 18.4 Å². The number of halogens is 1. The first-order valence-corrected chi connectivity index (χ1v) is 8.15. The maximum Gasteiger partial charge on any atom is 0.116 e. The van der Waals surface area contributed by atoms with E-state index in [2.05, 4.69) is 41.4 Å². The summed E-state index contributed by atoms with van der Waals surface area (Å²) in [4.78, 5) is 10.6. The van der Waals surface area contributed by atoms with E-state index < -0.39 is 9.39 Å². The minimum atomic E-state index is -1.31. The molecule has 0 aliphatic heterocycles. The second-order valence-electron chi connectivity index (χ2n) is 4.87. The fourth-order valence-corrected chi connectivity index (χ4v) is 2.98. The number of unbranched alkanes of at least 4 members (excludes halogenated alkanes) is 4. The molecule has 3 heteroatoms. The van der Waals surface area contributed by atoms with Crippen molar-refractivity contribution in [2.75, 3.05) is 0 Å². The van der Waals surface area contributed by atoms with E-state index in [9.17, 15) is 9.90 Å². The third-order valence-corrected chi connectivity index (χ3v) is 4.65. The summed E-state index contributed by atoms with van der Waals surface area (Å²) in [6.07, 6.45) is 6.79. The first-order chi connectivity index (χ1) is 9.58. The number of rotatable bonds is 7. The van der Waals surface area contributed by atoms with Crippen LogP contribution in [0.3, 0.4) is 0 Å². The Hall–Kier alpha value is -1.02. The summed E-state index contributed by atoms with van der Waals surface area (Å²) >= 11 is 2.27. The number of alkyl halides is 1. The highest BCUT2D eigenvalue weighted by Gasteiger charge is 2.25. The van der Waals surface area contributed by atoms with Gasteiger partial charge in [-0.25, -0.2) is 0 Å². The van der Waals surface area contributed by atoms with E-state index in [0.29, 0.717) is 0 Å². The summed E-state index contributed by atoms with van der Waals surface area (Å²) in [5, 5.41) is 10.6. The lowest BCUT2D eigenvalue weighted by molar-refractivity contribution is -0.295. The molecule has 2 nitrogen and oxygen atoms in total. The molecule has 0 aromatic heterocycles. The van der Waals surface area contributed by atoms with Gasteiger partial charge in [0.1, 0.15) is 9.39 Å². The molecule has 1 rings (SSSR count). The predicted molar refractivity (Wildman–Crippen MR) is 88.3 cm³/mol. The van der Waals surface area contributed by atoms with Gasteiger partial charge in [-0.2, -0.15) is 0 Å². The van der Waals surface area contributed by atoms with Crippen molar-refractivity contribution in [2.24, 2.45) is 0 Å². The normalized spacial score (nSPS) is 13.1. The lowest BCUT2D eigenvalue weighted by atomic mass is 9.93. The molecule has 1 atom stereocenters. The van der Waals surface area contributed by atoms with Crippen molar-refractivity contribution in [1.29, 1.82) is 0 Å². The molecule has 108 valence electrons. The van der Waals surface area contributed by atoms with Crippen LogP contribution in [0, 0.1) is 11.8 Å². The molecule has 0 aliphatic rings. The number of benzene rings is 1. The molecule has 20 heavy (non-hydrogen) atoms. The maximum atomic E-state index is 10.6. The standard InChI is InChI=1S/C17H21IO2/c1-2-3-4-5-9-13-17(18,14-12-16(19)20)15-10-7-6-8-11-15/h6-8,10-11H,2-5,9,13H2,1H3,(H,19,20)/p-1. The molecule has 1 aromatic carbocycles. The molecule has 0 saturated carbocycles. The summed E-state index contributed by atoms with van der Waals surface area (Å²) in [5.41, 5.74) is 1.06. The predicted octanol–water partition coefficient (Wildman–Crippen LogP) is 3.43. The molecule has 0 heterocycles. The van der Waals surface area contributed by atoms with Gasteiger partial charge in [0.05, 0.1) is 0 Å². The highest BCUT2D eigenvalue weighted by Crippen LogP contribution is 2.36. The van der Waals surface area contributed by atoms with Crippen LogP contribution in [0.4, 0.5) is 0 Å². The molecular formula is C17H20IO2-. The quantitative estimate of drug-likeness (QED) is 0.313. The van der Waals surface area contributed by atoms with Crippen molar-refractivity contribution < 1.29 is 9.90 Å². The Morgan fingerprint density at radius 2 is 1.85 bits per heavy atom. The lowest BCUT2D eigenvalue weighted by Gasteiger charge is -2.22. The van der Waals surface area contributed by atoms with Gasteiger partial charge in [0, 0.05) is 0 Å². The van der Waals surface area contributed by atoms with Crippen LogP contribution in [-0.2, 0) is 8.22 Å². The first kappa shape index (κ1) is 17.0. The van der Waals surface area contributed by atoms with E-state index >= 15 is 0 Å². The van der Waals surface area contributed by atoms with E-state index in [1.807, 2.05) is 30.3 Å². The van der Waals surface area contributed by atoms with Crippen molar-refractivity contribution >= 4 is 28.6 Å². The van der Waals surface area contributed by atoms with Crippen LogP contribution in [-0.4, -0.2) is 5.97 Å². The molecule has 0 fully saturated rings. The minimum Gasteiger partial charge on any atom is -0.537 e. The molecule has 0 N–H and O–H groups in total. The zero-order valence-electron chi connectivity index (χ0n) is 11.8. The van der Waals surface area contributed by atoms with Gasteiger partial charge >= 0.3 is 0 Å². The minimum absolute atomic E-state index is 0.439. The number of aliphatic carboxylic acids is 1. The number of carbonyl (C=O) groups excluding carboxylic acids is 1. The van der Waals surface area contributed by atoms with Gasteiger partial charge in [-0.3, -0.25) is 0 Å².